The molecule has 2 aromatic carbocycles. The first-order valence-electron chi connectivity index (χ1n) is 12.4. The van der Waals surface area contributed by atoms with Crippen LogP contribution in [0.2, 0.25) is 0 Å². The van der Waals surface area contributed by atoms with Crippen LogP contribution in [0, 0.1) is 12.8 Å². The smallest absolute Gasteiger partial charge is 0.257 e. The Morgan fingerprint density at radius 2 is 1.76 bits per heavy atom. The van der Waals surface area contributed by atoms with Crippen LogP contribution < -0.4 is 15.5 Å². The van der Waals surface area contributed by atoms with Gasteiger partial charge in [0, 0.05) is 47.2 Å². The van der Waals surface area contributed by atoms with Gasteiger partial charge in [-0.05, 0) is 75.3 Å². The standard InChI is InChI=1S/C29H33N5O2S/c1-5-21-13-15-34(16-14-21)25-11-9-23(10-12-25)27(35)30-18-22-7-6-8-24(17-22)28(36)32-29-31-20(2)26(37-29)19-33(3)4/h6-17,21H,5,18-19H2,1-4H3,(H,30,35)(H,31,32,36). The van der Waals surface area contributed by atoms with E-state index in [1.807, 2.05) is 62.3 Å². The van der Waals surface area contributed by atoms with Crippen LogP contribution in [0.5, 0.6) is 0 Å². The topological polar surface area (TPSA) is 77.6 Å². The Morgan fingerprint density at radius 1 is 1.03 bits per heavy atom. The quantitative estimate of drug-likeness (QED) is 0.390. The minimum atomic E-state index is -0.222. The highest BCUT2D eigenvalue weighted by Gasteiger charge is 2.14. The van der Waals surface area contributed by atoms with E-state index in [0.29, 0.717) is 28.7 Å². The Morgan fingerprint density at radius 3 is 2.43 bits per heavy atom. The molecule has 1 aliphatic rings. The summed E-state index contributed by atoms with van der Waals surface area (Å²) in [5.41, 5.74) is 3.87. The van der Waals surface area contributed by atoms with Crippen molar-refractivity contribution in [1.29, 1.82) is 0 Å². The van der Waals surface area contributed by atoms with Crippen LogP contribution >= 0.6 is 11.3 Å². The summed E-state index contributed by atoms with van der Waals surface area (Å²) < 4.78 is 0. The molecule has 0 aliphatic carbocycles. The van der Waals surface area contributed by atoms with E-state index in [1.54, 1.807) is 12.1 Å². The fraction of sp³-hybridized carbons (Fsp3) is 0.276. The van der Waals surface area contributed by atoms with Gasteiger partial charge in [0.2, 0.25) is 0 Å². The summed E-state index contributed by atoms with van der Waals surface area (Å²) in [6.07, 6.45) is 9.55. The van der Waals surface area contributed by atoms with E-state index in [9.17, 15) is 9.59 Å². The number of thiazole rings is 1. The first kappa shape index (κ1) is 26.3. The maximum Gasteiger partial charge on any atom is 0.257 e. The van der Waals surface area contributed by atoms with Gasteiger partial charge >= 0.3 is 0 Å². The largest absolute Gasteiger partial charge is 0.348 e. The van der Waals surface area contributed by atoms with E-state index in [-0.39, 0.29) is 11.8 Å². The molecule has 3 aromatic rings. The van der Waals surface area contributed by atoms with Crippen LogP contribution in [-0.4, -0.2) is 35.8 Å². The van der Waals surface area contributed by atoms with Crippen molar-refractivity contribution in [3.63, 3.8) is 0 Å². The molecule has 0 fully saturated rings. The number of aromatic nitrogens is 1. The predicted octanol–water partition coefficient (Wildman–Crippen LogP) is 5.57. The summed E-state index contributed by atoms with van der Waals surface area (Å²) in [7, 11) is 4.01. The molecule has 0 spiro atoms. The second kappa shape index (κ2) is 12.0. The van der Waals surface area contributed by atoms with Gasteiger partial charge < -0.3 is 15.1 Å². The second-order valence-corrected chi connectivity index (χ2v) is 10.4. The summed E-state index contributed by atoms with van der Waals surface area (Å²) in [5.74, 6) is 0.0900. The number of hydrogen-bond acceptors (Lipinski definition) is 6. The Labute approximate surface area is 222 Å². The second-order valence-electron chi connectivity index (χ2n) is 9.31. The number of hydrogen-bond donors (Lipinski definition) is 2. The molecule has 0 radical (unpaired) electrons. The zero-order chi connectivity index (χ0) is 26.4. The van der Waals surface area contributed by atoms with Gasteiger partial charge in [-0.15, -0.1) is 11.3 Å². The fourth-order valence-corrected chi connectivity index (χ4v) is 5.02. The minimum Gasteiger partial charge on any atom is -0.348 e. The number of carbonyl (C=O) groups is 2. The van der Waals surface area contributed by atoms with Gasteiger partial charge in [0.1, 0.15) is 0 Å². The molecule has 2 N–H and O–H groups in total. The molecule has 7 nitrogen and oxygen atoms in total. The van der Waals surface area contributed by atoms with Gasteiger partial charge in [-0.3, -0.25) is 14.9 Å². The lowest BCUT2D eigenvalue weighted by Crippen LogP contribution is -2.23. The number of allylic oxidation sites excluding steroid dienone is 2. The molecule has 0 atom stereocenters. The molecular formula is C29H33N5O2S. The minimum absolute atomic E-state index is 0.163. The molecule has 0 saturated heterocycles. The molecule has 8 heteroatoms. The monoisotopic (exact) mass is 515 g/mol. The van der Waals surface area contributed by atoms with Crippen LogP contribution in [0.4, 0.5) is 10.8 Å². The van der Waals surface area contributed by atoms with Gasteiger partial charge in [0.05, 0.1) is 5.69 Å². The van der Waals surface area contributed by atoms with Crippen LogP contribution in [-0.2, 0) is 13.1 Å². The van der Waals surface area contributed by atoms with E-state index in [4.69, 9.17) is 0 Å². The molecule has 2 amide bonds. The van der Waals surface area contributed by atoms with Crippen LogP contribution in [0.25, 0.3) is 0 Å². The Balaban J connectivity index is 1.33. The fourth-order valence-electron chi connectivity index (χ4n) is 3.94. The maximum atomic E-state index is 12.8. The molecule has 1 aromatic heterocycles. The van der Waals surface area contributed by atoms with Crippen molar-refractivity contribution in [2.24, 2.45) is 5.92 Å². The number of rotatable bonds is 9. The SMILES string of the molecule is CCC1C=CN(c2ccc(C(=O)NCc3cccc(C(=O)Nc4nc(C)c(CN(C)C)s4)c3)cc2)C=C1. The molecule has 2 heterocycles. The molecule has 4 rings (SSSR count). The molecule has 0 saturated carbocycles. The highest BCUT2D eigenvalue weighted by Crippen LogP contribution is 2.24. The van der Waals surface area contributed by atoms with Gasteiger partial charge in [-0.25, -0.2) is 4.98 Å². The number of anilines is 2. The molecule has 1 aliphatic heterocycles. The van der Waals surface area contributed by atoms with Gasteiger partial charge in [-0.2, -0.15) is 0 Å². The van der Waals surface area contributed by atoms with Crippen molar-refractivity contribution in [3.8, 4) is 0 Å². The summed E-state index contributed by atoms with van der Waals surface area (Å²) in [6.45, 7) is 5.22. The highest BCUT2D eigenvalue weighted by atomic mass is 32.1. The Bertz CT molecular complexity index is 1300. The third kappa shape index (κ3) is 6.93. The average Bonchev–Trinajstić information content (AvgIpc) is 3.25. The predicted molar refractivity (Wildman–Crippen MR) is 151 cm³/mol. The molecule has 0 unspecified atom stereocenters. The van der Waals surface area contributed by atoms with E-state index in [1.165, 1.54) is 11.3 Å². The van der Waals surface area contributed by atoms with Crippen molar-refractivity contribution >= 4 is 34.0 Å². The van der Waals surface area contributed by atoms with E-state index < -0.39 is 0 Å². The Kier molecular flexibility index (Phi) is 8.53. The lowest BCUT2D eigenvalue weighted by molar-refractivity contribution is 0.0950. The zero-order valence-corrected chi connectivity index (χ0v) is 22.5. The van der Waals surface area contributed by atoms with E-state index in [2.05, 4.69) is 52.0 Å². The van der Waals surface area contributed by atoms with Crippen molar-refractivity contribution in [3.05, 3.63) is 100 Å². The summed E-state index contributed by atoms with van der Waals surface area (Å²) in [4.78, 5) is 35.2. The van der Waals surface area contributed by atoms with Crippen molar-refractivity contribution < 1.29 is 9.59 Å². The zero-order valence-electron chi connectivity index (χ0n) is 21.7. The number of nitrogens with one attached hydrogen (secondary N) is 2. The molecule has 37 heavy (non-hydrogen) atoms. The molecular weight excluding hydrogens is 482 g/mol. The van der Waals surface area contributed by atoms with E-state index in [0.717, 1.165) is 34.8 Å². The van der Waals surface area contributed by atoms with E-state index >= 15 is 0 Å². The van der Waals surface area contributed by atoms with Crippen LogP contribution in [0.1, 0.15) is 50.2 Å². The van der Waals surface area contributed by atoms with Crippen molar-refractivity contribution in [1.82, 2.24) is 15.2 Å². The lowest BCUT2D eigenvalue weighted by Gasteiger charge is -2.21. The maximum absolute atomic E-state index is 12.8. The van der Waals surface area contributed by atoms with Crippen LogP contribution in [0.3, 0.4) is 0 Å². The van der Waals surface area contributed by atoms with Gasteiger partial charge in [0.25, 0.3) is 11.8 Å². The molecule has 192 valence electrons. The summed E-state index contributed by atoms with van der Waals surface area (Å²) in [5, 5.41) is 6.43. The third-order valence-electron chi connectivity index (χ3n) is 6.10. The third-order valence-corrected chi connectivity index (χ3v) is 7.16. The number of carbonyl (C=O) groups excluding carboxylic acids is 2. The van der Waals surface area contributed by atoms with Crippen LogP contribution in [0.15, 0.2) is 73.1 Å². The first-order chi connectivity index (χ1) is 17.8. The first-order valence-corrected chi connectivity index (χ1v) is 13.2. The number of amides is 2. The number of nitrogens with zero attached hydrogens (tertiary/aromatic N) is 3. The highest BCUT2D eigenvalue weighted by molar-refractivity contribution is 7.15. The average molecular weight is 516 g/mol. The van der Waals surface area contributed by atoms with Crippen molar-refractivity contribution in [2.75, 3.05) is 24.3 Å². The molecule has 0 bridgehead atoms. The number of aryl methyl sites for hydroxylation is 1. The van der Waals surface area contributed by atoms with Crippen molar-refractivity contribution in [2.45, 2.75) is 33.4 Å². The van der Waals surface area contributed by atoms with Gasteiger partial charge in [-0.1, -0.05) is 31.2 Å². The van der Waals surface area contributed by atoms with Gasteiger partial charge in [0.15, 0.2) is 5.13 Å². The lowest BCUT2D eigenvalue weighted by atomic mass is 10.0. The summed E-state index contributed by atoms with van der Waals surface area (Å²) >= 11 is 1.49. The number of benzene rings is 2. The summed E-state index contributed by atoms with van der Waals surface area (Å²) in [6, 6.07) is 14.8. The Hall–Kier alpha value is -3.75. The normalized spacial score (nSPS) is 13.3.